The topological polar surface area (TPSA) is 237 Å². The van der Waals surface area contributed by atoms with Gasteiger partial charge in [0.25, 0.3) is 0 Å². The summed E-state index contributed by atoms with van der Waals surface area (Å²) in [6.45, 7) is 11.9. The molecule has 0 aliphatic rings. The number of carbonyl (C=O) groups is 4. The lowest BCUT2D eigenvalue weighted by molar-refractivity contribution is -0.161. The van der Waals surface area contributed by atoms with E-state index in [0.29, 0.717) is 31.6 Å². The largest absolute Gasteiger partial charge is 0.472 e. The number of ether oxygens (including phenoxy) is 4. The van der Waals surface area contributed by atoms with Crippen molar-refractivity contribution in [2.45, 2.75) is 394 Å². The van der Waals surface area contributed by atoms with Crippen LogP contribution >= 0.6 is 15.6 Å². The normalized spacial score (nSPS) is 14.1. The summed E-state index contributed by atoms with van der Waals surface area (Å²) in [6, 6.07) is 0. The fourth-order valence-corrected chi connectivity index (χ4v) is 12.8. The monoisotopic (exact) mass is 1370 g/mol. The van der Waals surface area contributed by atoms with Gasteiger partial charge in [0.15, 0.2) is 12.2 Å². The quantitative estimate of drug-likeness (QED) is 0.0222. The van der Waals surface area contributed by atoms with Crippen LogP contribution in [0.15, 0.2) is 0 Å². The van der Waals surface area contributed by atoms with Crippen LogP contribution in [0.5, 0.6) is 0 Å². The summed E-state index contributed by atoms with van der Waals surface area (Å²) in [5.74, 6) is 0.144. The average Bonchev–Trinajstić information content (AvgIpc) is 2.46. The Bertz CT molecular complexity index is 1820. The number of hydrogen-bond acceptors (Lipinski definition) is 15. The summed E-state index contributed by atoms with van der Waals surface area (Å²) in [5, 5.41) is 10.6. The van der Waals surface area contributed by atoms with Gasteiger partial charge in [-0.05, 0) is 43.4 Å². The molecule has 0 aromatic rings. The molecule has 0 aromatic heterocycles. The molecule has 0 aliphatic heterocycles. The minimum absolute atomic E-state index is 0.107. The zero-order chi connectivity index (χ0) is 68.7. The zero-order valence-electron chi connectivity index (χ0n) is 60.7. The number of aliphatic hydroxyl groups is 1. The van der Waals surface area contributed by atoms with Gasteiger partial charge in [-0.2, -0.15) is 0 Å². The maximum atomic E-state index is 13.1. The van der Waals surface area contributed by atoms with Crippen LogP contribution in [0.3, 0.4) is 0 Å². The number of aliphatic hydroxyl groups excluding tert-OH is 1. The van der Waals surface area contributed by atoms with E-state index in [0.717, 1.165) is 108 Å². The van der Waals surface area contributed by atoms with Crippen LogP contribution in [0.25, 0.3) is 0 Å². The first-order chi connectivity index (χ1) is 44.7. The number of phosphoric acid groups is 2. The smallest absolute Gasteiger partial charge is 0.462 e. The van der Waals surface area contributed by atoms with E-state index in [1.165, 1.54) is 180 Å². The van der Waals surface area contributed by atoms with Gasteiger partial charge in [-0.3, -0.25) is 37.3 Å². The zero-order valence-corrected chi connectivity index (χ0v) is 62.5. The highest BCUT2D eigenvalue weighted by molar-refractivity contribution is 7.47. The molecule has 17 nitrogen and oxygen atoms in total. The van der Waals surface area contributed by atoms with Crippen LogP contribution in [0.4, 0.5) is 0 Å². The van der Waals surface area contributed by atoms with Gasteiger partial charge in [0.1, 0.15) is 19.3 Å². The number of hydrogen-bond donors (Lipinski definition) is 3. The lowest BCUT2D eigenvalue weighted by Crippen LogP contribution is -2.30. The maximum absolute atomic E-state index is 13.1. The fourth-order valence-electron chi connectivity index (χ4n) is 11.2. The van der Waals surface area contributed by atoms with E-state index in [1.807, 2.05) is 0 Å². The molecule has 3 N–H and O–H groups in total. The molecule has 552 valence electrons. The summed E-state index contributed by atoms with van der Waals surface area (Å²) in [5.41, 5.74) is 0. The van der Waals surface area contributed by atoms with Crippen LogP contribution in [0, 0.1) is 17.8 Å². The summed E-state index contributed by atoms with van der Waals surface area (Å²) < 4.78 is 68.5. The van der Waals surface area contributed by atoms with Crippen molar-refractivity contribution in [3.63, 3.8) is 0 Å². The van der Waals surface area contributed by atoms with Crippen molar-refractivity contribution < 1.29 is 80.2 Å². The van der Waals surface area contributed by atoms with Crippen LogP contribution in [0.1, 0.15) is 376 Å². The predicted octanol–water partition coefficient (Wildman–Crippen LogP) is 21.4. The Labute approximate surface area is 568 Å². The van der Waals surface area contributed by atoms with Crippen molar-refractivity contribution in [2.75, 3.05) is 39.6 Å². The lowest BCUT2D eigenvalue weighted by atomic mass is 10.0. The van der Waals surface area contributed by atoms with Crippen molar-refractivity contribution >= 4 is 39.5 Å². The van der Waals surface area contributed by atoms with Gasteiger partial charge in [0.05, 0.1) is 26.4 Å². The molecule has 93 heavy (non-hydrogen) atoms. The van der Waals surface area contributed by atoms with Gasteiger partial charge in [0.2, 0.25) is 0 Å². The van der Waals surface area contributed by atoms with Crippen molar-refractivity contribution in [1.82, 2.24) is 0 Å². The highest BCUT2D eigenvalue weighted by Crippen LogP contribution is 2.45. The van der Waals surface area contributed by atoms with Crippen LogP contribution < -0.4 is 0 Å². The second-order valence-corrected chi connectivity index (χ2v) is 31.0. The standard InChI is InChI=1S/C74H144O17P2/c1-8-9-10-11-12-13-14-15-23-28-35-43-50-57-73(78)91-70(62-85-72(77)56-49-42-37-30-33-40-47-54-67(6)7)64-89-93(82,83)87-60-68(75)59-86-92(80,81)88-63-69(90-74(79)58-51-44-36-29-24-19-17-21-26-32-39-46-53-66(4)5)61-84-71(76)55-48-41-34-27-22-18-16-20-25-31-38-45-52-65(2)3/h65-70,75H,8-64H2,1-7H3,(H,80,81)(H,82,83)/t68-,69-,70-/m1/s1. The van der Waals surface area contributed by atoms with E-state index in [-0.39, 0.29) is 25.7 Å². The van der Waals surface area contributed by atoms with Gasteiger partial charge < -0.3 is 33.8 Å². The van der Waals surface area contributed by atoms with E-state index in [2.05, 4.69) is 48.5 Å². The van der Waals surface area contributed by atoms with Crippen molar-refractivity contribution in [3.8, 4) is 0 Å². The lowest BCUT2D eigenvalue weighted by Gasteiger charge is -2.21. The van der Waals surface area contributed by atoms with Crippen LogP contribution in [0.2, 0.25) is 0 Å². The van der Waals surface area contributed by atoms with E-state index >= 15 is 0 Å². The summed E-state index contributed by atoms with van der Waals surface area (Å²) >= 11 is 0. The third kappa shape index (κ3) is 68.4. The molecule has 0 aliphatic carbocycles. The number of esters is 4. The summed E-state index contributed by atoms with van der Waals surface area (Å²) in [6.07, 6.45) is 49.9. The summed E-state index contributed by atoms with van der Waals surface area (Å²) in [4.78, 5) is 72.7. The molecule has 0 spiro atoms. The van der Waals surface area contributed by atoms with Gasteiger partial charge >= 0.3 is 39.5 Å². The second kappa shape index (κ2) is 64.7. The number of unbranched alkanes of at least 4 members (excludes halogenated alkanes) is 40. The Morgan fingerprint density at radius 2 is 0.495 bits per heavy atom. The molecule has 19 heteroatoms. The average molecular weight is 1370 g/mol. The Morgan fingerprint density at radius 1 is 0.290 bits per heavy atom. The van der Waals surface area contributed by atoms with Gasteiger partial charge in [-0.1, -0.05) is 325 Å². The van der Waals surface area contributed by atoms with Gasteiger partial charge in [-0.25, -0.2) is 9.13 Å². The van der Waals surface area contributed by atoms with Gasteiger partial charge in [0, 0.05) is 25.7 Å². The SMILES string of the molecule is CCCCCCCCCCCCCCCC(=O)O[C@H](COC(=O)CCCCCCCCCC(C)C)COP(=O)(O)OC[C@H](O)COP(=O)(O)OC[C@@H](COC(=O)CCCCCCCCCCCCCCC(C)C)OC(=O)CCCCCCCCCCCCCCC(C)C. The molecule has 0 rings (SSSR count). The van der Waals surface area contributed by atoms with Crippen molar-refractivity contribution in [1.29, 1.82) is 0 Å². The highest BCUT2D eigenvalue weighted by atomic mass is 31.2. The minimum Gasteiger partial charge on any atom is -0.462 e. The molecule has 0 amide bonds. The molecule has 0 bridgehead atoms. The summed E-state index contributed by atoms with van der Waals surface area (Å²) in [7, 11) is -9.91. The van der Waals surface area contributed by atoms with E-state index in [4.69, 9.17) is 37.0 Å². The third-order valence-electron chi connectivity index (χ3n) is 17.1. The third-order valence-corrected chi connectivity index (χ3v) is 19.0. The Balaban J connectivity index is 5.26. The molecule has 0 radical (unpaired) electrons. The van der Waals surface area contributed by atoms with Crippen molar-refractivity contribution in [3.05, 3.63) is 0 Å². The maximum Gasteiger partial charge on any atom is 0.472 e. The first-order valence-corrected chi connectivity index (χ1v) is 41.3. The molecule has 5 atom stereocenters. The molecule has 0 saturated heterocycles. The highest BCUT2D eigenvalue weighted by Gasteiger charge is 2.30. The van der Waals surface area contributed by atoms with Crippen LogP contribution in [-0.2, 0) is 65.4 Å². The van der Waals surface area contributed by atoms with Crippen molar-refractivity contribution in [2.24, 2.45) is 17.8 Å². The Morgan fingerprint density at radius 3 is 0.731 bits per heavy atom. The van der Waals surface area contributed by atoms with E-state index in [1.54, 1.807) is 0 Å². The fraction of sp³-hybridized carbons (Fsp3) is 0.946. The van der Waals surface area contributed by atoms with E-state index < -0.39 is 97.5 Å². The van der Waals surface area contributed by atoms with E-state index in [9.17, 15) is 43.2 Å². The van der Waals surface area contributed by atoms with Crippen LogP contribution in [-0.4, -0.2) is 96.7 Å². The first kappa shape index (κ1) is 91.1. The molecule has 0 fully saturated rings. The molecular weight excluding hydrogens is 1220 g/mol. The first-order valence-electron chi connectivity index (χ1n) is 38.3. The minimum atomic E-state index is -4.96. The number of phosphoric ester groups is 2. The Hall–Kier alpha value is -1.94. The molecule has 2 unspecified atom stereocenters. The predicted molar refractivity (Wildman–Crippen MR) is 377 cm³/mol. The molecule has 0 heterocycles. The molecule has 0 saturated carbocycles. The van der Waals surface area contributed by atoms with Gasteiger partial charge in [-0.15, -0.1) is 0 Å². The molecular formula is C74H144O17P2. The molecule has 0 aromatic carbocycles. The number of rotatable bonds is 72. The number of carbonyl (C=O) groups excluding carboxylic acids is 4. The Kier molecular flexibility index (Phi) is 63.4. The second-order valence-electron chi connectivity index (χ2n) is 28.1.